The number of carbonyl (C=O) groups excluding carboxylic acids is 1. The second kappa shape index (κ2) is 5.59. The van der Waals surface area contributed by atoms with Crippen LogP contribution < -0.4 is 5.32 Å². The minimum atomic E-state index is -3.08. The molecule has 3 aromatic rings. The molecule has 0 saturated heterocycles. The fraction of sp³-hybridized carbons (Fsp3) is 0.267. The van der Waals surface area contributed by atoms with Crippen molar-refractivity contribution < 1.29 is 13.6 Å². The van der Waals surface area contributed by atoms with E-state index in [1.54, 1.807) is 19.2 Å². The van der Waals surface area contributed by atoms with E-state index in [0.29, 0.717) is 22.4 Å². The van der Waals surface area contributed by atoms with Gasteiger partial charge in [-0.1, -0.05) is 0 Å². The van der Waals surface area contributed by atoms with Gasteiger partial charge in [-0.3, -0.25) is 4.79 Å². The summed E-state index contributed by atoms with van der Waals surface area (Å²) in [6.45, 7) is 3.89. The summed E-state index contributed by atoms with van der Waals surface area (Å²) >= 11 is 0. The third-order valence-corrected chi connectivity index (χ3v) is 3.34. The van der Waals surface area contributed by atoms with Gasteiger partial charge < -0.3 is 5.32 Å². The summed E-state index contributed by atoms with van der Waals surface area (Å²) in [6.07, 6.45) is 2.81. The zero-order valence-corrected chi connectivity index (χ0v) is 13.2. The van der Waals surface area contributed by atoms with Crippen LogP contribution in [0.4, 0.5) is 14.6 Å². The van der Waals surface area contributed by atoms with Gasteiger partial charge in [0, 0.05) is 37.7 Å². The highest BCUT2D eigenvalue weighted by atomic mass is 19.3. The Balaban J connectivity index is 2.17. The van der Waals surface area contributed by atoms with Crippen LogP contribution in [0.15, 0.2) is 24.5 Å². The Hall–Kier alpha value is -2.97. The van der Waals surface area contributed by atoms with Gasteiger partial charge in [0.1, 0.15) is 11.5 Å². The summed E-state index contributed by atoms with van der Waals surface area (Å²) in [7, 11) is 0. The zero-order chi connectivity index (χ0) is 17.5. The van der Waals surface area contributed by atoms with Crippen molar-refractivity contribution in [3.63, 3.8) is 0 Å². The highest BCUT2D eigenvalue weighted by molar-refractivity contribution is 5.91. The number of amides is 1. The van der Waals surface area contributed by atoms with Gasteiger partial charge in [0.05, 0.1) is 11.2 Å². The standard InChI is InChI=1S/C15H14F2N6O/c1-8-10-7-19-13(20-9(2)24)6-11(10)23(22-8)14-18-5-4-12(21-14)15(3,16)17/h4-7H,1-3H3,(H,19,20,24). The van der Waals surface area contributed by atoms with E-state index in [2.05, 4.69) is 25.4 Å². The third-order valence-electron chi connectivity index (χ3n) is 3.34. The van der Waals surface area contributed by atoms with Gasteiger partial charge in [-0.2, -0.15) is 18.6 Å². The number of rotatable bonds is 3. The Kier molecular flexibility index (Phi) is 3.70. The largest absolute Gasteiger partial charge is 0.311 e. The van der Waals surface area contributed by atoms with E-state index in [4.69, 9.17) is 0 Å². The van der Waals surface area contributed by atoms with Gasteiger partial charge in [-0.25, -0.2) is 15.0 Å². The maximum absolute atomic E-state index is 13.5. The average Bonchev–Trinajstić information content (AvgIpc) is 2.83. The van der Waals surface area contributed by atoms with Crippen LogP contribution in [0.1, 0.15) is 25.2 Å². The Morgan fingerprint density at radius 3 is 2.75 bits per heavy atom. The molecule has 1 N–H and O–H groups in total. The molecule has 124 valence electrons. The number of pyridine rings is 1. The number of aryl methyl sites for hydroxylation is 1. The summed E-state index contributed by atoms with van der Waals surface area (Å²) in [4.78, 5) is 23.2. The van der Waals surface area contributed by atoms with Crippen molar-refractivity contribution >= 4 is 22.6 Å². The molecule has 0 atom stereocenters. The van der Waals surface area contributed by atoms with Crippen molar-refractivity contribution in [2.45, 2.75) is 26.7 Å². The molecule has 0 aliphatic rings. The minimum absolute atomic E-state index is 0.0205. The first-order valence-electron chi connectivity index (χ1n) is 7.10. The van der Waals surface area contributed by atoms with E-state index in [1.807, 2.05) is 0 Å². The van der Waals surface area contributed by atoms with Crippen LogP contribution in [0.5, 0.6) is 0 Å². The van der Waals surface area contributed by atoms with Gasteiger partial charge in [-0.05, 0) is 13.0 Å². The average molecular weight is 332 g/mol. The number of alkyl halides is 2. The highest BCUT2D eigenvalue weighted by Gasteiger charge is 2.27. The Morgan fingerprint density at radius 2 is 2.08 bits per heavy atom. The summed E-state index contributed by atoms with van der Waals surface area (Å²) in [5.41, 5.74) is 0.803. The molecule has 1 amide bonds. The lowest BCUT2D eigenvalue weighted by Gasteiger charge is -2.10. The number of anilines is 1. The lowest BCUT2D eigenvalue weighted by atomic mass is 10.2. The molecule has 0 saturated carbocycles. The van der Waals surface area contributed by atoms with E-state index < -0.39 is 11.6 Å². The maximum atomic E-state index is 13.5. The molecule has 0 bridgehead atoms. The lowest BCUT2D eigenvalue weighted by Crippen LogP contribution is -2.13. The Morgan fingerprint density at radius 1 is 1.33 bits per heavy atom. The molecule has 3 aromatic heterocycles. The van der Waals surface area contributed by atoms with Gasteiger partial charge >= 0.3 is 0 Å². The van der Waals surface area contributed by atoms with Gasteiger partial charge in [0.25, 0.3) is 11.9 Å². The first-order chi connectivity index (χ1) is 11.3. The van der Waals surface area contributed by atoms with Gasteiger partial charge in [-0.15, -0.1) is 0 Å². The minimum Gasteiger partial charge on any atom is -0.311 e. The number of carbonyl (C=O) groups is 1. The molecule has 0 unspecified atom stereocenters. The quantitative estimate of drug-likeness (QED) is 0.797. The molecule has 0 aromatic carbocycles. The maximum Gasteiger partial charge on any atom is 0.287 e. The van der Waals surface area contributed by atoms with Crippen molar-refractivity contribution in [1.29, 1.82) is 0 Å². The van der Waals surface area contributed by atoms with Crippen molar-refractivity contribution in [3.05, 3.63) is 35.9 Å². The molecule has 24 heavy (non-hydrogen) atoms. The van der Waals surface area contributed by atoms with Crippen LogP contribution in [-0.4, -0.2) is 30.6 Å². The molecular weight excluding hydrogens is 318 g/mol. The summed E-state index contributed by atoms with van der Waals surface area (Å²) in [5.74, 6) is -3.01. The molecular formula is C15H14F2N6O. The molecule has 0 aliphatic heterocycles. The number of aromatic nitrogens is 5. The smallest absolute Gasteiger partial charge is 0.287 e. The topological polar surface area (TPSA) is 85.6 Å². The number of fused-ring (bicyclic) bond motifs is 1. The molecule has 0 radical (unpaired) electrons. The predicted octanol–water partition coefficient (Wildman–Crippen LogP) is 2.59. The van der Waals surface area contributed by atoms with Crippen LogP contribution in [-0.2, 0) is 10.7 Å². The first kappa shape index (κ1) is 15.9. The van der Waals surface area contributed by atoms with E-state index in [9.17, 15) is 13.6 Å². The van der Waals surface area contributed by atoms with E-state index in [1.165, 1.54) is 17.8 Å². The summed E-state index contributed by atoms with van der Waals surface area (Å²) in [6, 6.07) is 2.75. The van der Waals surface area contributed by atoms with Crippen molar-refractivity contribution in [2.24, 2.45) is 0 Å². The van der Waals surface area contributed by atoms with Crippen LogP contribution in [0.25, 0.3) is 16.9 Å². The van der Waals surface area contributed by atoms with Crippen molar-refractivity contribution in [1.82, 2.24) is 24.7 Å². The molecule has 0 aliphatic carbocycles. The third kappa shape index (κ3) is 2.92. The Bertz CT molecular complexity index is 931. The molecule has 0 spiro atoms. The molecule has 3 rings (SSSR count). The number of hydrogen-bond acceptors (Lipinski definition) is 5. The van der Waals surface area contributed by atoms with Crippen molar-refractivity contribution in [3.8, 4) is 5.95 Å². The predicted molar refractivity (Wildman–Crippen MR) is 83.1 cm³/mol. The van der Waals surface area contributed by atoms with E-state index >= 15 is 0 Å². The Labute approximate surface area is 135 Å². The van der Waals surface area contributed by atoms with Gasteiger partial charge in [0.2, 0.25) is 5.91 Å². The van der Waals surface area contributed by atoms with Crippen LogP contribution in [0.2, 0.25) is 0 Å². The second-order valence-corrected chi connectivity index (χ2v) is 5.40. The van der Waals surface area contributed by atoms with Crippen molar-refractivity contribution in [2.75, 3.05) is 5.32 Å². The van der Waals surface area contributed by atoms with Crippen LogP contribution in [0, 0.1) is 6.92 Å². The van der Waals surface area contributed by atoms with Crippen LogP contribution in [0.3, 0.4) is 0 Å². The molecule has 9 heteroatoms. The second-order valence-electron chi connectivity index (χ2n) is 5.40. The van der Waals surface area contributed by atoms with E-state index in [-0.39, 0.29) is 11.9 Å². The molecule has 7 nitrogen and oxygen atoms in total. The monoisotopic (exact) mass is 332 g/mol. The fourth-order valence-electron chi connectivity index (χ4n) is 2.25. The van der Waals surface area contributed by atoms with Crippen LogP contribution >= 0.6 is 0 Å². The zero-order valence-electron chi connectivity index (χ0n) is 13.2. The van der Waals surface area contributed by atoms with E-state index in [0.717, 1.165) is 13.0 Å². The first-order valence-corrected chi connectivity index (χ1v) is 7.10. The number of nitrogens with one attached hydrogen (secondary N) is 1. The summed E-state index contributed by atoms with van der Waals surface area (Å²) in [5, 5.41) is 7.58. The lowest BCUT2D eigenvalue weighted by molar-refractivity contribution is -0.114. The van der Waals surface area contributed by atoms with Gasteiger partial charge in [0.15, 0.2) is 0 Å². The number of hydrogen-bond donors (Lipinski definition) is 1. The normalized spacial score (nSPS) is 11.7. The number of nitrogens with zero attached hydrogens (tertiary/aromatic N) is 5. The fourth-order valence-corrected chi connectivity index (χ4v) is 2.25. The molecule has 0 fully saturated rings. The highest BCUT2D eigenvalue weighted by Crippen LogP contribution is 2.26. The molecule has 3 heterocycles. The summed E-state index contributed by atoms with van der Waals surface area (Å²) < 4.78 is 28.4. The SMILES string of the molecule is CC(=O)Nc1cc2c(cn1)c(C)nn2-c1nccc(C(C)(F)F)n1. The number of halogens is 2.